The highest BCUT2D eigenvalue weighted by Gasteiger charge is 2.18. The molecule has 0 aliphatic carbocycles. The molecule has 0 bridgehead atoms. The zero-order chi connectivity index (χ0) is 13.8. The molecule has 0 aliphatic heterocycles. The molecule has 0 aromatic carbocycles. The van der Waals surface area contributed by atoms with Crippen molar-refractivity contribution in [1.29, 1.82) is 0 Å². The van der Waals surface area contributed by atoms with E-state index in [2.05, 4.69) is 15.3 Å². The molecule has 0 fully saturated rings. The molecule has 1 rings (SSSR count). The molecule has 1 N–H and O–H groups in total. The van der Waals surface area contributed by atoms with E-state index in [1.54, 1.807) is 20.8 Å². The van der Waals surface area contributed by atoms with Crippen molar-refractivity contribution >= 4 is 17.7 Å². The maximum Gasteiger partial charge on any atom is 0.407 e. The van der Waals surface area contributed by atoms with E-state index < -0.39 is 17.9 Å². The molecule has 1 aromatic heterocycles. The lowest BCUT2D eigenvalue weighted by Gasteiger charge is -2.20. The summed E-state index contributed by atoms with van der Waals surface area (Å²) in [6.07, 6.45) is 0.475. The number of aromatic nitrogens is 2. The van der Waals surface area contributed by atoms with E-state index in [-0.39, 0.29) is 17.4 Å². The number of halogens is 2. The zero-order valence-corrected chi connectivity index (χ0v) is 11.2. The molecule has 0 aliphatic rings. The SMILES string of the molecule is CC(C)(C)OC(=O)NCC(F)c1cnc(Cl)nc1. The van der Waals surface area contributed by atoms with E-state index >= 15 is 0 Å². The second-order valence-corrected chi connectivity index (χ2v) is 4.97. The van der Waals surface area contributed by atoms with E-state index in [1.807, 2.05) is 0 Å². The number of amides is 1. The first kappa shape index (κ1) is 14.6. The van der Waals surface area contributed by atoms with Crippen molar-refractivity contribution in [1.82, 2.24) is 15.3 Å². The molecule has 1 heterocycles. The van der Waals surface area contributed by atoms with Crippen molar-refractivity contribution in [3.8, 4) is 0 Å². The van der Waals surface area contributed by atoms with Crippen molar-refractivity contribution in [3.63, 3.8) is 0 Å². The minimum atomic E-state index is -1.41. The number of nitrogens with one attached hydrogen (secondary N) is 1. The summed E-state index contributed by atoms with van der Waals surface area (Å²) >= 11 is 5.48. The van der Waals surface area contributed by atoms with Crippen LogP contribution in [0.25, 0.3) is 0 Å². The number of carbonyl (C=O) groups excluding carboxylic acids is 1. The van der Waals surface area contributed by atoms with Gasteiger partial charge in [-0.3, -0.25) is 0 Å². The van der Waals surface area contributed by atoms with Gasteiger partial charge < -0.3 is 10.1 Å². The molecule has 1 atom stereocenters. The molecule has 1 aromatic rings. The summed E-state index contributed by atoms with van der Waals surface area (Å²) in [7, 11) is 0. The predicted octanol–water partition coefficient (Wildman–Crippen LogP) is 2.67. The van der Waals surface area contributed by atoms with E-state index in [9.17, 15) is 9.18 Å². The van der Waals surface area contributed by atoms with Crippen LogP contribution in [-0.4, -0.2) is 28.2 Å². The minimum Gasteiger partial charge on any atom is -0.444 e. The highest BCUT2D eigenvalue weighted by molar-refractivity contribution is 6.28. The van der Waals surface area contributed by atoms with Crippen molar-refractivity contribution in [2.45, 2.75) is 32.5 Å². The fraction of sp³-hybridized carbons (Fsp3) is 0.545. The quantitative estimate of drug-likeness (QED) is 0.862. The van der Waals surface area contributed by atoms with Crippen LogP contribution in [-0.2, 0) is 4.74 Å². The highest BCUT2D eigenvalue weighted by Crippen LogP contribution is 2.15. The maximum atomic E-state index is 13.7. The number of carbonyl (C=O) groups is 1. The first-order valence-electron chi connectivity index (χ1n) is 5.36. The van der Waals surface area contributed by atoms with E-state index in [4.69, 9.17) is 16.3 Å². The van der Waals surface area contributed by atoms with E-state index in [1.165, 1.54) is 12.4 Å². The number of nitrogens with zero attached hydrogens (tertiary/aromatic N) is 2. The third-order valence-electron chi connectivity index (χ3n) is 1.83. The van der Waals surface area contributed by atoms with Crippen LogP contribution in [0.3, 0.4) is 0 Å². The summed E-state index contributed by atoms with van der Waals surface area (Å²) in [4.78, 5) is 18.6. The topological polar surface area (TPSA) is 64.1 Å². The largest absolute Gasteiger partial charge is 0.444 e. The maximum absolute atomic E-state index is 13.7. The van der Waals surface area contributed by atoms with Crippen LogP contribution in [0.4, 0.5) is 9.18 Å². The van der Waals surface area contributed by atoms with Gasteiger partial charge in [0, 0.05) is 18.0 Å². The summed E-state index contributed by atoms with van der Waals surface area (Å²) in [5.74, 6) is 0. The third kappa shape index (κ3) is 5.27. The number of hydrogen-bond donors (Lipinski definition) is 1. The molecule has 1 amide bonds. The second-order valence-electron chi connectivity index (χ2n) is 4.64. The summed E-state index contributed by atoms with van der Waals surface area (Å²) in [5, 5.41) is 2.37. The Kier molecular flexibility index (Phi) is 4.84. The molecule has 7 heteroatoms. The Morgan fingerprint density at radius 3 is 2.56 bits per heavy atom. The first-order chi connectivity index (χ1) is 8.28. The van der Waals surface area contributed by atoms with Gasteiger partial charge in [-0.15, -0.1) is 0 Å². The Morgan fingerprint density at radius 2 is 2.06 bits per heavy atom. The summed E-state index contributed by atoms with van der Waals surface area (Å²) in [6, 6.07) is 0. The average molecular weight is 276 g/mol. The van der Waals surface area contributed by atoms with Crippen LogP contribution < -0.4 is 5.32 Å². The molecule has 1 unspecified atom stereocenters. The molecule has 5 nitrogen and oxygen atoms in total. The molecule has 0 saturated carbocycles. The van der Waals surface area contributed by atoms with E-state index in [0.29, 0.717) is 0 Å². The second kappa shape index (κ2) is 5.95. The molecule has 0 saturated heterocycles. The van der Waals surface area contributed by atoms with Gasteiger partial charge in [-0.2, -0.15) is 0 Å². The van der Waals surface area contributed by atoms with Crippen LogP contribution in [0.2, 0.25) is 5.28 Å². The van der Waals surface area contributed by atoms with Crippen LogP contribution in [0.1, 0.15) is 32.5 Å². The van der Waals surface area contributed by atoms with Gasteiger partial charge in [0.05, 0.1) is 6.54 Å². The predicted molar refractivity (Wildman–Crippen MR) is 65.1 cm³/mol. The van der Waals surface area contributed by atoms with Gasteiger partial charge in [0.1, 0.15) is 11.8 Å². The smallest absolute Gasteiger partial charge is 0.407 e. The third-order valence-corrected chi connectivity index (χ3v) is 2.02. The lowest BCUT2D eigenvalue weighted by atomic mass is 10.2. The number of rotatable bonds is 3. The minimum absolute atomic E-state index is 0.0473. The number of alkyl halides is 1. The van der Waals surface area contributed by atoms with Gasteiger partial charge in [0.15, 0.2) is 0 Å². The number of hydrogen-bond acceptors (Lipinski definition) is 4. The van der Waals surface area contributed by atoms with Crippen molar-refractivity contribution in [2.75, 3.05) is 6.54 Å². The Labute approximate surface area is 110 Å². The average Bonchev–Trinajstić information content (AvgIpc) is 2.24. The molecule has 0 spiro atoms. The molecule has 100 valence electrons. The molecular weight excluding hydrogens is 261 g/mol. The Bertz CT molecular complexity index is 406. The van der Waals surface area contributed by atoms with Crippen LogP contribution in [0.5, 0.6) is 0 Å². The fourth-order valence-electron chi connectivity index (χ4n) is 1.09. The first-order valence-corrected chi connectivity index (χ1v) is 5.74. The lowest BCUT2D eigenvalue weighted by molar-refractivity contribution is 0.0513. The molecular formula is C11H15ClFN3O2. The zero-order valence-electron chi connectivity index (χ0n) is 10.4. The van der Waals surface area contributed by atoms with Gasteiger partial charge in [-0.05, 0) is 32.4 Å². The van der Waals surface area contributed by atoms with Crippen molar-refractivity contribution in [2.24, 2.45) is 0 Å². The van der Waals surface area contributed by atoms with Gasteiger partial charge in [0.2, 0.25) is 5.28 Å². The Balaban J connectivity index is 2.44. The van der Waals surface area contributed by atoms with Crippen LogP contribution >= 0.6 is 11.6 Å². The number of ether oxygens (including phenoxy) is 1. The van der Waals surface area contributed by atoms with Crippen molar-refractivity contribution in [3.05, 3.63) is 23.2 Å². The van der Waals surface area contributed by atoms with Gasteiger partial charge in [-0.25, -0.2) is 19.2 Å². The van der Waals surface area contributed by atoms with Crippen molar-refractivity contribution < 1.29 is 13.9 Å². The van der Waals surface area contributed by atoms with Crippen LogP contribution in [0, 0.1) is 0 Å². The highest BCUT2D eigenvalue weighted by atomic mass is 35.5. The Morgan fingerprint density at radius 1 is 1.50 bits per heavy atom. The van der Waals surface area contributed by atoms with E-state index in [0.717, 1.165) is 0 Å². The summed E-state index contributed by atoms with van der Waals surface area (Å²) < 4.78 is 18.6. The Hall–Kier alpha value is -1.43. The molecule has 18 heavy (non-hydrogen) atoms. The monoisotopic (exact) mass is 275 g/mol. The summed E-state index contributed by atoms with van der Waals surface area (Å²) in [5.41, 5.74) is -0.366. The van der Waals surface area contributed by atoms with Gasteiger partial charge in [0.25, 0.3) is 0 Å². The fourth-order valence-corrected chi connectivity index (χ4v) is 1.19. The standard InChI is InChI=1S/C11H15ClFN3O2/c1-11(2,3)18-10(17)16-6-8(13)7-4-14-9(12)15-5-7/h4-5,8H,6H2,1-3H3,(H,16,17). The van der Waals surface area contributed by atoms with Gasteiger partial charge in [-0.1, -0.05) is 0 Å². The van der Waals surface area contributed by atoms with Crippen LogP contribution in [0.15, 0.2) is 12.4 Å². The number of alkyl carbamates (subject to hydrolysis) is 1. The summed E-state index contributed by atoms with van der Waals surface area (Å²) in [6.45, 7) is 4.98. The molecule has 0 radical (unpaired) electrons. The normalized spacial score (nSPS) is 12.9. The van der Waals surface area contributed by atoms with Gasteiger partial charge >= 0.3 is 6.09 Å². The lowest BCUT2D eigenvalue weighted by Crippen LogP contribution is -2.34.